The SMILES string of the molecule is CCC[C@@H](C)[C@H]1CCC2C3CCC4CC(SC[C@H](NC(C)=O)C(=O)O)CC[C@]4(C)C3CC[C@@]21C. The molecule has 0 aromatic rings. The summed E-state index contributed by atoms with van der Waals surface area (Å²) in [6.07, 6.45) is 15.0. The van der Waals surface area contributed by atoms with Crippen LogP contribution in [0.5, 0.6) is 0 Å². The third kappa shape index (κ3) is 4.81. The van der Waals surface area contributed by atoms with Gasteiger partial charge in [-0.25, -0.2) is 4.79 Å². The van der Waals surface area contributed by atoms with E-state index in [0.717, 1.165) is 35.5 Å². The number of carbonyl (C=O) groups is 2. The van der Waals surface area contributed by atoms with Gasteiger partial charge in [0.2, 0.25) is 5.91 Å². The van der Waals surface area contributed by atoms with Crippen molar-refractivity contribution in [2.45, 2.75) is 117 Å². The van der Waals surface area contributed by atoms with Gasteiger partial charge in [-0.2, -0.15) is 11.8 Å². The molecule has 4 aliphatic carbocycles. The molecule has 2 N–H and O–H groups in total. The van der Waals surface area contributed by atoms with Crippen LogP contribution in [0.15, 0.2) is 0 Å². The molecule has 0 saturated heterocycles. The molecule has 4 rings (SSSR count). The van der Waals surface area contributed by atoms with Crippen LogP contribution in [-0.4, -0.2) is 34.0 Å². The lowest BCUT2D eigenvalue weighted by atomic mass is 9.44. The number of rotatable bonds is 8. The minimum atomic E-state index is -0.919. The Balaban J connectivity index is 1.39. The lowest BCUT2D eigenvalue weighted by molar-refractivity contribution is -0.140. The number of aliphatic carboxylic acids is 1. The maximum absolute atomic E-state index is 11.5. The van der Waals surface area contributed by atoms with E-state index in [2.05, 4.69) is 33.0 Å². The topological polar surface area (TPSA) is 66.4 Å². The van der Waals surface area contributed by atoms with Gasteiger partial charge in [0.15, 0.2) is 0 Å². The second-order valence-electron chi connectivity index (χ2n) is 13.0. The van der Waals surface area contributed by atoms with Crippen molar-refractivity contribution in [3.8, 4) is 0 Å². The number of fused-ring (bicyclic) bond motifs is 5. The first-order chi connectivity index (χ1) is 16.1. The van der Waals surface area contributed by atoms with E-state index >= 15 is 0 Å². The molecular weight excluding hydrogens is 442 g/mol. The van der Waals surface area contributed by atoms with E-state index in [1.54, 1.807) is 11.8 Å². The van der Waals surface area contributed by atoms with Gasteiger partial charge >= 0.3 is 5.97 Å². The number of hydrogen-bond donors (Lipinski definition) is 2. The van der Waals surface area contributed by atoms with Crippen LogP contribution < -0.4 is 5.32 Å². The van der Waals surface area contributed by atoms with Crippen molar-refractivity contribution in [3.63, 3.8) is 0 Å². The number of amides is 1. The molecule has 4 nitrogen and oxygen atoms in total. The molecule has 4 fully saturated rings. The predicted molar refractivity (Wildman–Crippen MR) is 141 cm³/mol. The molecule has 5 unspecified atom stereocenters. The van der Waals surface area contributed by atoms with Crippen molar-refractivity contribution in [2.24, 2.45) is 46.3 Å². The summed E-state index contributed by atoms with van der Waals surface area (Å²) in [4.78, 5) is 22.9. The van der Waals surface area contributed by atoms with E-state index in [4.69, 9.17) is 0 Å². The number of carbonyl (C=O) groups excluding carboxylic acids is 1. The van der Waals surface area contributed by atoms with Crippen LogP contribution in [0.2, 0.25) is 0 Å². The lowest BCUT2D eigenvalue weighted by Crippen LogP contribution is -2.54. The zero-order valence-electron chi connectivity index (χ0n) is 22.3. The average molecular weight is 492 g/mol. The van der Waals surface area contributed by atoms with E-state index in [1.807, 2.05) is 0 Å². The molecule has 0 radical (unpaired) electrons. The van der Waals surface area contributed by atoms with E-state index < -0.39 is 12.0 Å². The highest BCUT2D eigenvalue weighted by Gasteiger charge is 2.60. The lowest BCUT2D eigenvalue weighted by Gasteiger charge is -2.61. The van der Waals surface area contributed by atoms with Crippen LogP contribution in [0.1, 0.15) is 105 Å². The fraction of sp³-hybridized carbons (Fsp3) is 0.931. The fourth-order valence-corrected chi connectivity index (χ4v) is 11.0. The molecule has 0 aliphatic heterocycles. The Morgan fingerprint density at radius 1 is 1.03 bits per heavy atom. The van der Waals surface area contributed by atoms with Gasteiger partial charge in [0.25, 0.3) is 0 Å². The number of thioether (sulfide) groups is 1. The molecule has 4 aliphatic rings. The number of nitrogens with one attached hydrogen (secondary N) is 1. The van der Waals surface area contributed by atoms with Gasteiger partial charge in [0.05, 0.1) is 0 Å². The predicted octanol–water partition coefficient (Wildman–Crippen LogP) is 6.77. The van der Waals surface area contributed by atoms with Crippen molar-refractivity contribution in [1.29, 1.82) is 0 Å². The Labute approximate surface area is 212 Å². The van der Waals surface area contributed by atoms with E-state index in [-0.39, 0.29) is 5.91 Å². The highest BCUT2D eigenvalue weighted by atomic mass is 32.2. The molecule has 10 atom stereocenters. The van der Waals surface area contributed by atoms with Crippen LogP contribution in [0, 0.1) is 46.3 Å². The Morgan fingerprint density at radius 3 is 2.41 bits per heavy atom. The van der Waals surface area contributed by atoms with E-state index in [0.29, 0.717) is 21.8 Å². The Morgan fingerprint density at radius 2 is 1.74 bits per heavy atom. The molecule has 1 amide bonds. The Kier molecular flexibility index (Phi) is 8.02. The second kappa shape index (κ2) is 10.3. The number of carboxylic acids is 1. The minimum Gasteiger partial charge on any atom is -0.480 e. The molecular formula is C29H49NO3S. The van der Waals surface area contributed by atoms with Crippen LogP contribution in [-0.2, 0) is 9.59 Å². The standard InChI is InChI=1S/C29H49NO3S/c1-6-7-18(2)23-10-11-24-22-9-8-20-16-21(34-17-26(27(32)33)30-19(3)31)12-14-28(20,4)25(22)13-15-29(23,24)5/h18,20-26H,6-17H2,1-5H3,(H,30,31)(H,32,33)/t18-,20?,21?,22?,23-,24?,25?,26+,28+,29-/m1/s1. The van der Waals surface area contributed by atoms with Crippen LogP contribution in [0.25, 0.3) is 0 Å². The van der Waals surface area contributed by atoms with Crippen molar-refractivity contribution in [3.05, 3.63) is 0 Å². The van der Waals surface area contributed by atoms with Crippen LogP contribution in [0.4, 0.5) is 0 Å². The van der Waals surface area contributed by atoms with Crippen LogP contribution >= 0.6 is 11.8 Å². The zero-order valence-corrected chi connectivity index (χ0v) is 23.1. The molecule has 0 aromatic carbocycles. The molecule has 0 bridgehead atoms. The number of hydrogen-bond acceptors (Lipinski definition) is 3. The van der Waals surface area contributed by atoms with Crippen molar-refractivity contribution in [1.82, 2.24) is 5.32 Å². The summed E-state index contributed by atoms with van der Waals surface area (Å²) in [7, 11) is 0. The van der Waals surface area contributed by atoms with Crippen LogP contribution in [0.3, 0.4) is 0 Å². The highest BCUT2D eigenvalue weighted by molar-refractivity contribution is 8.00. The van der Waals surface area contributed by atoms with Gasteiger partial charge < -0.3 is 10.4 Å². The zero-order chi connectivity index (χ0) is 24.7. The van der Waals surface area contributed by atoms with Crippen molar-refractivity contribution < 1.29 is 14.7 Å². The molecule has 0 aromatic heterocycles. The first-order valence-corrected chi connectivity index (χ1v) is 15.3. The molecule has 0 heterocycles. The quantitative estimate of drug-likeness (QED) is 0.393. The third-order valence-electron chi connectivity index (χ3n) is 11.3. The number of carboxylic acid groups (broad SMARTS) is 1. The average Bonchev–Trinajstić information content (AvgIpc) is 3.13. The highest BCUT2D eigenvalue weighted by Crippen LogP contribution is 2.68. The van der Waals surface area contributed by atoms with Gasteiger partial charge in [-0.05, 0) is 104 Å². The van der Waals surface area contributed by atoms with Crippen molar-refractivity contribution in [2.75, 3.05) is 5.75 Å². The summed E-state index contributed by atoms with van der Waals surface area (Å²) in [5.41, 5.74) is 1.04. The fourth-order valence-electron chi connectivity index (χ4n) is 9.65. The summed E-state index contributed by atoms with van der Waals surface area (Å²) in [5, 5.41) is 12.6. The van der Waals surface area contributed by atoms with Gasteiger partial charge in [-0.1, -0.05) is 40.5 Å². The monoisotopic (exact) mass is 491 g/mol. The first kappa shape index (κ1) is 26.4. The van der Waals surface area contributed by atoms with Crippen molar-refractivity contribution >= 4 is 23.6 Å². The molecule has 0 spiro atoms. The normalized spacial score (nSPS) is 43.2. The molecule has 4 saturated carbocycles. The summed E-state index contributed by atoms with van der Waals surface area (Å²) >= 11 is 1.79. The van der Waals surface area contributed by atoms with Gasteiger partial charge in [0.1, 0.15) is 6.04 Å². The molecule has 34 heavy (non-hydrogen) atoms. The minimum absolute atomic E-state index is 0.259. The van der Waals surface area contributed by atoms with Gasteiger partial charge in [-0.15, -0.1) is 0 Å². The maximum Gasteiger partial charge on any atom is 0.327 e. The third-order valence-corrected chi connectivity index (χ3v) is 12.7. The van der Waals surface area contributed by atoms with E-state index in [9.17, 15) is 14.7 Å². The first-order valence-electron chi connectivity index (χ1n) is 14.2. The summed E-state index contributed by atoms with van der Waals surface area (Å²) < 4.78 is 0. The second-order valence-corrected chi connectivity index (χ2v) is 14.3. The smallest absolute Gasteiger partial charge is 0.327 e. The molecule has 5 heteroatoms. The molecule has 194 valence electrons. The summed E-state index contributed by atoms with van der Waals surface area (Å²) in [6, 6.07) is -0.770. The largest absolute Gasteiger partial charge is 0.480 e. The summed E-state index contributed by atoms with van der Waals surface area (Å²) in [6.45, 7) is 11.6. The Hall–Kier alpha value is -0.710. The summed E-state index contributed by atoms with van der Waals surface area (Å²) in [5.74, 6) is 4.65. The van der Waals surface area contributed by atoms with Gasteiger partial charge in [0, 0.05) is 17.9 Å². The Bertz CT molecular complexity index is 758. The van der Waals surface area contributed by atoms with Gasteiger partial charge in [-0.3, -0.25) is 4.79 Å². The van der Waals surface area contributed by atoms with E-state index in [1.165, 1.54) is 77.6 Å². The maximum atomic E-state index is 11.5.